The Bertz CT molecular complexity index is 544. The third-order valence-electron chi connectivity index (χ3n) is 4.32. The molecule has 1 aliphatic heterocycles. The predicted octanol–water partition coefficient (Wildman–Crippen LogP) is 1.93. The Hall–Kier alpha value is -0.910. The normalized spacial score (nSPS) is 29.5. The topological polar surface area (TPSA) is 40.6 Å². The van der Waals surface area contributed by atoms with Crippen LogP contribution in [0.2, 0.25) is 0 Å². The first-order chi connectivity index (χ1) is 9.30. The zero-order valence-corrected chi connectivity index (χ0v) is 13.5. The van der Waals surface area contributed by atoms with Gasteiger partial charge in [0.2, 0.25) is 10.0 Å². The van der Waals surface area contributed by atoms with E-state index >= 15 is 0 Å². The minimum atomic E-state index is -3.13. The summed E-state index contributed by atoms with van der Waals surface area (Å²) in [6, 6.07) is 10.8. The van der Waals surface area contributed by atoms with E-state index in [2.05, 4.69) is 30.9 Å². The zero-order valence-electron chi connectivity index (χ0n) is 12.7. The van der Waals surface area contributed by atoms with E-state index in [1.165, 1.54) is 11.8 Å². The first-order valence-corrected chi connectivity index (χ1v) is 8.92. The van der Waals surface area contributed by atoms with Crippen LogP contribution in [-0.4, -0.2) is 48.5 Å². The van der Waals surface area contributed by atoms with Gasteiger partial charge in [-0.2, -0.15) is 4.31 Å². The van der Waals surface area contributed by atoms with Crippen LogP contribution in [0.4, 0.5) is 0 Å². The van der Waals surface area contributed by atoms with Crippen molar-refractivity contribution in [3.05, 3.63) is 35.9 Å². The molecule has 0 spiro atoms. The van der Waals surface area contributed by atoms with Crippen LogP contribution < -0.4 is 0 Å². The molecule has 20 heavy (non-hydrogen) atoms. The summed E-state index contributed by atoms with van der Waals surface area (Å²) in [4.78, 5) is 2.39. The Labute approximate surface area is 122 Å². The highest BCUT2D eigenvalue weighted by atomic mass is 32.2. The third kappa shape index (κ3) is 3.22. The quantitative estimate of drug-likeness (QED) is 0.856. The van der Waals surface area contributed by atoms with E-state index in [0.29, 0.717) is 6.54 Å². The van der Waals surface area contributed by atoms with Gasteiger partial charge in [0.05, 0.1) is 6.26 Å². The molecule has 5 heteroatoms. The Morgan fingerprint density at radius 1 is 1.10 bits per heavy atom. The molecule has 0 amide bonds. The van der Waals surface area contributed by atoms with E-state index < -0.39 is 10.0 Å². The number of benzene rings is 1. The lowest BCUT2D eigenvalue weighted by Crippen LogP contribution is -2.61. The van der Waals surface area contributed by atoms with E-state index in [1.54, 1.807) is 4.31 Å². The second-order valence-electron chi connectivity index (χ2n) is 5.82. The van der Waals surface area contributed by atoms with Crippen molar-refractivity contribution >= 4 is 10.0 Å². The molecule has 4 nitrogen and oxygen atoms in total. The maximum Gasteiger partial charge on any atom is 0.211 e. The maximum absolute atomic E-state index is 11.9. The standard InChI is InChI=1S/C15H24N2O2S/c1-12-10-17(20(4,18)19)14(3)13(2)16(12)11-15-8-6-5-7-9-15/h5-9,12-14H,10-11H2,1-4H3. The number of sulfonamides is 1. The molecule has 1 fully saturated rings. The lowest BCUT2D eigenvalue weighted by Gasteiger charge is -2.47. The van der Waals surface area contributed by atoms with E-state index in [1.807, 2.05) is 25.1 Å². The van der Waals surface area contributed by atoms with Crippen molar-refractivity contribution in [1.82, 2.24) is 9.21 Å². The van der Waals surface area contributed by atoms with Crippen molar-refractivity contribution < 1.29 is 8.42 Å². The molecular formula is C15H24N2O2S. The van der Waals surface area contributed by atoms with Gasteiger partial charge >= 0.3 is 0 Å². The summed E-state index contributed by atoms with van der Waals surface area (Å²) >= 11 is 0. The van der Waals surface area contributed by atoms with E-state index in [-0.39, 0.29) is 18.1 Å². The Balaban J connectivity index is 2.17. The summed E-state index contributed by atoms with van der Waals surface area (Å²) in [6.45, 7) is 7.64. The summed E-state index contributed by atoms with van der Waals surface area (Å²) in [7, 11) is -3.13. The van der Waals surface area contributed by atoms with Crippen LogP contribution in [0.5, 0.6) is 0 Å². The highest BCUT2D eigenvalue weighted by Crippen LogP contribution is 2.25. The van der Waals surface area contributed by atoms with Gasteiger partial charge in [-0.3, -0.25) is 4.90 Å². The molecule has 0 saturated carbocycles. The molecule has 0 N–H and O–H groups in total. The van der Waals surface area contributed by atoms with Crippen LogP contribution in [-0.2, 0) is 16.6 Å². The van der Waals surface area contributed by atoms with Crippen molar-refractivity contribution in [3.8, 4) is 0 Å². The van der Waals surface area contributed by atoms with Crippen LogP contribution in [0, 0.1) is 0 Å². The average Bonchev–Trinajstić information content (AvgIpc) is 2.39. The van der Waals surface area contributed by atoms with E-state index in [0.717, 1.165) is 6.54 Å². The van der Waals surface area contributed by atoms with E-state index in [9.17, 15) is 8.42 Å². The number of nitrogens with zero attached hydrogens (tertiary/aromatic N) is 2. The highest BCUT2D eigenvalue weighted by molar-refractivity contribution is 7.88. The highest BCUT2D eigenvalue weighted by Gasteiger charge is 2.38. The fourth-order valence-corrected chi connectivity index (χ4v) is 4.25. The maximum atomic E-state index is 11.9. The number of rotatable bonds is 3. The minimum Gasteiger partial charge on any atom is -0.291 e. The Morgan fingerprint density at radius 3 is 2.25 bits per heavy atom. The molecule has 0 aromatic heterocycles. The van der Waals surface area contributed by atoms with E-state index in [4.69, 9.17) is 0 Å². The lowest BCUT2D eigenvalue weighted by molar-refractivity contribution is 0.0343. The molecule has 1 heterocycles. The molecule has 1 aliphatic rings. The summed E-state index contributed by atoms with van der Waals surface area (Å²) in [5.74, 6) is 0. The fraction of sp³-hybridized carbons (Fsp3) is 0.600. The molecule has 1 aromatic carbocycles. The van der Waals surface area contributed by atoms with Gasteiger partial charge in [-0.1, -0.05) is 30.3 Å². The smallest absolute Gasteiger partial charge is 0.211 e. The lowest BCUT2D eigenvalue weighted by atomic mass is 10.0. The molecule has 0 radical (unpaired) electrons. The van der Waals surface area contributed by atoms with Gasteiger partial charge in [0.25, 0.3) is 0 Å². The van der Waals surface area contributed by atoms with Gasteiger partial charge in [0.1, 0.15) is 0 Å². The zero-order chi connectivity index (χ0) is 14.9. The summed E-state index contributed by atoms with van der Waals surface area (Å²) < 4.78 is 25.3. The van der Waals surface area contributed by atoms with Crippen molar-refractivity contribution in [2.24, 2.45) is 0 Å². The summed E-state index contributed by atoms with van der Waals surface area (Å²) in [5, 5.41) is 0. The van der Waals surface area contributed by atoms with Crippen LogP contribution in [0.3, 0.4) is 0 Å². The van der Waals surface area contributed by atoms with Gasteiger partial charge in [0, 0.05) is 31.2 Å². The van der Waals surface area contributed by atoms with Crippen LogP contribution in [0.1, 0.15) is 26.3 Å². The minimum absolute atomic E-state index is 0.00455. The molecule has 0 aliphatic carbocycles. The number of hydrogen-bond donors (Lipinski definition) is 0. The third-order valence-corrected chi connectivity index (χ3v) is 5.65. The second kappa shape index (κ2) is 5.84. The molecule has 112 valence electrons. The molecular weight excluding hydrogens is 272 g/mol. The summed E-state index contributed by atoms with van der Waals surface area (Å²) in [5.41, 5.74) is 1.27. The molecule has 2 rings (SSSR count). The second-order valence-corrected chi connectivity index (χ2v) is 7.76. The van der Waals surface area contributed by atoms with Crippen molar-refractivity contribution in [2.45, 2.75) is 45.4 Å². The first-order valence-electron chi connectivity index (χ1n) is 7.07. The molecule has 0 bridgehead atoms. The van der Waals surface area contributed by atoms with Gasteiger partial charge in [-0.25, -0.2) is 8.42 Å². The van der Waals surface area contributed by atoms with Gasteiger partial charge in [-0.05, 0) is 26.3 Å². The molecule has 3 atom stereocenters. The molecule has 1 saturated heterocycles. The monoisotopic (exact) mass is 296 g/mol. The largest absolute Gasteiger partial charge is 0.291 e. The Kier molecular flexibility index (Phi) is 4.52. The van der Waals surface area contributed by atoms with Crippen LogP contribution in [0.25, 0.3) is 0 Å². The van der Waals surface area contributed by atoms with Crippen molar-refractivity contribution in [2.75, 3.05) is 12.8 Å². The van der Waals surface area contributed by atoms with Crippen LogP contribution >= 0.6 is 0 Å². The fourth-order valence-electron chi connectivity index (χ4n) is 2.98. The van der Waals surface area contributed by atoms with Crippen LogP contribution in [0.15, 0.2) is 30.3 Å². The van der Waals surface area contributed by atoms with Crippen molar-refractivity contribution in [1.29, 1.82) is 0 Å². The summed E-state index contributed by atoms with van der Waals surface area (Å²) in [6.07, 6.45) is 1.30. The SMILES string of the molecule is CC1CN(S(C)(=O)=O)C(C)C(C)N1Cc1ccccc1. The predicted molar refractivity (Wildman–Crippen MR) is 81.9 cm³/mol. The van der Waals surface area contributed by atoms with Gasteiger partial charge in [-0.15, -0.1) is 0 Å². The number of hydrogen-bond acceptors (Lipinski definition) is 3. The first kappa shape index (κ1) is 15.5. The average molecular weight is 296 g/mol. The molecule has 1 aromatic rings. The Morgan fingerprint density at radius 2 is 1.70 bits per heavy atom. The van der Waals surface area contributed by atoms with Crippen molar-refractivity contribution in [3.63, 3.8) is 0 Å². The van der Waals surface area contributed by atoms with Gasteiger partial charge < -0.3 is 0 Å². The van der Waals surface area contributed by atoms with Gasteiger partial charge in [0.15, 0.2) is 0 Å². The molecule has 3 unspecified atom stereocenters. The number of piperazine rings is 1.